The third-order valence-electron chi connectivity index (χ3n) is 1.93. The van der Waals surface area contributed by atoms with Gasteiger partial charge in [-0.3, -0.25) is 0 Å². The molecule has 1 aromatic heterocycles. The molecule has 0 amide bonds. The van der Waals surface area contributed by atoms with Gasteiger partial charge in [-0.2, -0.15) is 0 Å². The predicted molar refractivity (Wildman–Crippen MR) is 60.5 cm³/mol. The summed E-state index contributed by atoms with van der Waals surface area (Å²) in [5.41, 5.74) is 4.86. The second kappa shape index (κ2) is 4.61. The standard InChI is InChI=1S/C9H17N3OS/c1-3-4-9(2,13)6-12-8-11-5-7(10)14-8/h5,13H,3-4,6,10H2,1-2H3,(H,11,12). The van der Waals surface area contributed by atoms with Gasteiger partial charge in [0, 0.05) is 6.54 Å². The molecule has 80 valence electrons. The fraction of sp³-hybridized carbons (Fsp3) is 0.667. The Morgan fingerprint density at radius 1 is 1.71 bits per heavy atom. The largest absolute Gasteiger partial charge is 0.389 e. The van der Waals surface area contributed by atoms with E-state index in [4.69, 9.17) is 5.73 Å². The summed E-state index contributed by atoms with van der Waals surface area (Å²) in [4.78, 5) is 4.05. The molecular formula is C9H17N3OS. The molecular weight excluding hydrogens is 198 g/mol. The zero-order chi connectivity index (χ0) is 10.6. The van der Waals surface area contributed by atoms with Gasteiger partial charge in [0.25, 0.3) is 0 Å². The molecule has 14 heavy (non-hydrogen) atoms. The predicted octanol–water partition coefficient (Wildman–Crippen LogP) is 1.69. The Morgan fingerprint density at radius 3 is 2.93 bits per heavy atom. The van der Waals surface area contributed by atoms with Gasteiger partial charge in [0.1, 0.15) is 5.00 Å². The number of nitrogens with two attached hydrogens (primary N) is 1. The van der Waals surface area contributed by atoms with Crippen LogP contribution in [0.3, 0.4) is 0 Å². The number of nitrogens with one attached hydrogen (secondary N) is 1. The zero-order valence-corrected chi connectivity index (χ0v) is 9.40. The first-order valence-electron chi connectivity index (χ1n) is 4.71. The lowest BCUT2D eigenvalue weighted by molar-refractivity contribution is 0.0637. The highest BCUT2D eigenvalue weighted by molar-refractivity contribution is 7.19. The van der Waals surface area contributed by atoms with Crippen LogP contribution in [0, 0.1) is 0 Å². The fourth-order valence-corrected chi connectivity index (χ4v) is 1.84. The van der Waals surface area contributed by atoms with Gasteiger partial charge in [0.05, 0.1) is 11.8 Å². The van der Waals surface area contributed by atoms with Crippen LogP contribution in [0.25, 0.3) is 0 Å². The Kier molecular flexibility index (Phi) is 3.71. The van der Waals surface area contributed by atoms with E-state index in [1.165, 1.54) is 11.3 Å². The van der Waals surface area contributed by atoms with E-state index < -0.39 is 5.60 Å². The molecule has 0 fully saturated rings. The van der Waals surface area contributed by atoms with Crippen LogP contribution in [0.4, 0.5) is 10.1 Å². The molecule has 5 heteroatoms. The SMILES string of the molecule is CCCC(C)(O)CNc1ncc(N)s1. The van der Waals surface area contributed by atoms with E-state index in [-0.39, 0.29) is 0 Å². The van der Waals surface area contributed by atoms with Crippen molar-refractivity contribution in [3.05, 3.63) is 6.20 Å². The van der Waals surface area contributed by atoms with Crippen molar-refractivity contribution in [2.24, 2.45) is 0 Å². The molecule has 1 atom stereocenters. The van der Waals surface area contributed by atoms with Crippen LogP contribution in [0.15, 0.2) is 6.20 Å². The number of hydrogen-bond donors (Lipinski definition) is 3. The molecule has 1 unspecified atom stereocenters. The van der Waals surface area contributed by atoms with Crippen molar-refractivity contribution in [3.8, 4) is 0 Å². The van der Waals surface area contributed by atoms with Crippen LogP contribution in [0.5, 0.6) is 0 Å². The van der Waals surface area contributed by atoms with Gasteiger partial charge < -0.3 is 16.2 Å². The lowest BCUT2D eigenvalue weighted by Gasteiger charge is -2.22. The smallest absolute Gasteiger partial charge is 0.184 e. The highest BCUT2D eigenvalue weighted by Gasteiger charge is 2.18. The van der Waals surface area contributed by atoms with E-state index in [1.54, 1.807) is 6.20 Å². The van der Waals surface area contributed by atoms with Gasteiger partial charge >= 0.3 is 0 Å². The topological polar surface area (TPSA) is 71.2 Å². The van der Waals surface area contributed by atoms with Crippen molar-refractivity contribution in [2.45, 2.75) is 32.3 Å². The van der Waals surface area contributed by atoms with Gasteiger partial charge in [-0.05, 0) is 13.3 Å². The maximum absolute atomic E-state index is 9.87. The number of rotatable bonds is 5. The van der Waals surface area contributed by atoms with Gasteiger partial charge in [-0.15, -0.1) is 0 Å². The lowest BCUT2D eigenvalue weighted by atomic mass is 10.0. The molecule has 4 nitrogen and oxygen atoms in total. The summed E-state index contributed by atoms with van der Waals surface area (Å²) in [6.07, 6.45) is 3.36. The summed E-state index contributed by atoms with van der Waals surface area (Å²) < 4.78 is 0. The van der Waals surface area contributed by atoms with Crippen LogP contribution < -0.4 is 11.1 Å². The maximum atomic E-state index is 9.87. The van der Waals surface area contributed by atoms with Gasteiger partial charge in [0.2, 0.25) is 0 Å². The molecule has 0 saturated carbocycles. The average Bonchev–Trinajstić information content (AvgIpc) is 2.48. The van der Waals surface area contributed by atoms with Crippen LogP contribution in [-0.2, 0) is 0 Å². The summed E-state index contributed by atoms with van der Waals surface area (Å²) >= 11 is 1.39. The molecule has 1 aromatic rings. The van der Waals surface area contributed by atoms with E-state index in [9.17, 15) is 5.11 Å². The highest BCUT2D eigenvalue weighted by Crippen LogP contribution is 2.21. The molecule has 4 N–H and O–H groups in total. The van der Waals surface area contributed by atoms with Crippen molar-refractivity contribution < 1.29 is 5.11 Å². The van der Waals surface area contributed by atoms with E-state index in [2.05, 4.69) is 17.2 Å². The van der Waals surface area contributed by atoms with E-state index >= 15 is 0 Å². The van der Waals surface area contributed by atoms with Crippen molar-refractivity contribution in [1.82, 2.24) is 4.98 Å². The molecule has 0 radical (unpaired) electrons. The Morgan fingerprint density at radius 2 is 2.43 bits per heavy atom. The minimum Gasteiger partial charge on any atom is -0.389 e. The van der Waals surface area contributed by atoms with Gasteiger partial charge in [-0.1, -0.05) is 24.7 Å². The quantitative estimate of drug-likeness (QED) is 0.699. The first kappa shape index (κ1) is 11.3. The van der Waals surface area contributed by atoms with Gasteiger partial charge in [0.15, 0.2) is 5.13 Å². The van der Waals surface area contributed by atoms with Gasteiger partial charge in [-0.25, -0.2) is 4.98 Å². The minimum absolute atomic E-state index is 0.508. The fourth-order valence-electron chi connectivity index (χ4n) is 1.26. The van der Waals surface area contributed by atoms with Crippen molar-refractivity contribution in [1.29, 1.82) is 0 Å². The number of hydrogen-bond acceptors (Lipinski definition) is 5. The Balaban J connectivity index is 2.40. The minimum atomic E-state index is -0.671. The van der Waals surface area contributed by atoms with E-state index in [0.29, 0.717) is 11.5 Å². The summed E-state index contributed by atoms with van der Waals surface area (Å²) in [5.74, 6) is 0. The number of aromatic nitrogens is 1. The Hall–Kier alpha value is -0.810. The van der Waals surface area contributed by atoms with Crippen molar-refractivity contribution >= 4 is 21.5 Å². The van der Waals surface area contributed by atoms with Crippen LogP contribution in [0.2, 0.25) is 0 Å². The number of anilines is 2. The summed E-state index contributed by atoms with van der Waals surface area (Å²) in [5, 5.41) is 14.4. The van der Waals surface area contributed by atoms with Crippen molar-refractivity contribution in [2.75, 3.05) is 17.6 Å². The van der Waals surface area contributed by atoms with Crippen LogP contribution >= 0.6 is 11.3 Å². The number of nitrogen functional groups attached to an aromatic ring is 1. The molecule has 0 spiro atoms. The van der Waals surface area contributed by atoms with Crippen LogP contribution in [-0.4, -0.2) is 22.2 Å². The maximum Gasteiger partial charge on any atom is 0.184 e. The zero-order valence-electron chi connectivity index (χ0n) is 8.58. The summed E-state index contributed by atoms with van der Waals surface area (Å²) in [7, 11) is 0. The second-order valence-electron chi connectivity index (χ2n) is 3.67. The number of aliphatic hydroxyl groups is 1. The third kappa shape index (κ3) is 3.51. The normalized spacial score (nSPS) is 15.1. The molecule has 0 bridgehead atoms. The number of thiazole rings is 1. The molecule has 0 aromatic carbocycles. The second-order valence-corrected chi connectivity index (χ2v) is 4.73. The highest BCUT2D eigenvalue weighted by atomic mass is 32.1. The van der Waals surface area contributed by atoms with Crippen molar-refractivity contribution in [3.63, 3.8) is 0 Å². The van der Waals surface area contributed by atoms with E-state index in [0.717, 1.165) is 18.0 Å². The first-order chi connectivity index (χ1) is 6.53. The summed E-state index contributed by atoms with van der Waals surface area (Å²) in [6.45, 7) is 4.38. The molecule has 0 aliphatic rings. The molecule has 1 heterocycles. The monoisotopic (exact) mass is 215 g/mol. The Bertz CT molecular complexity index is 285. The molecule has 0 saturated heterocycles. The molecule has 0 aliphatic carbocycles. The summed E-state index contributed by atoms with van der Waals surface area (Å²) in [6, 6.07) is 0. The average molecular weight is 215 g/mol. The third-order valence-corrected chi connectivity index (χ3v) is 2.72. The Labute approximate surface area is 88.2 Å². The molecule has 1 rings (SSSR count). The first-order valence-corrected chi connectivity index (χ1v) is 5.53. The van der Waals surface area contributed by atoms with E-state index in [1.807, 2.05) is 6.92 Å². The van der Waals surface area contributed by atoms with Crippen LogP contribution in [0.1, 0.15) is 26.7 Å². The number of nitrogens with zero attached hydrogens (tertiary/aromatic N) is 1. The lowest BCUT2D eigenvalue weighted by Crippen LogP contribution is -2.33. The molecule has 0 aliphatic heterocycles.